The summed E-state index contributed by atoms with van der Waals surface area (Å²) in [5, 5.41) is 10.6. The number of aromatic nitrogens is 1. The molecule has 0 atom stereocenters. The third-order valence-electron chi connectivity index (χ3n) is 3.61. The van der Waals surface area contributed by atoms with Crippen LogP contribution in [0, 0.1) is 0 Å². The van der Waals surface area contributed by atoms with Gasteiger partial charge < -0.3 is 15.4 Å². The average Bonchev–Trinajstić information content (AvgIpc) is 2.85. The summed E-state index contributed by atoms with van der Waals surface area (Å²) >= 11 is 6.00. The van der Waals surface area contributed by atoms with Crippen LogP contribution in [0.1, 0.15) is 36.2 Å². The largest absolute Gasteiger partial charge is 0.388 e. The van der Waals surface area contributed by atoms with Crippen molar-refractivity contribution in [3.05, 3.63) is 22.8 Å². The second kappa shape index (κ2) is 5.95. The lowest BCUT2D eigenvalue weighted by Gasteiger charge is -2.28. The van der Waals surface area contributed by atoms with Gasteiger partial charge in [-0.3, -0.25) is 4.79 Å². The maximum atomic E-state index is 12.4. The standard InChI is InChI=1S/C13H19ClN4O2/c1-18(8-13(20)6-2-3-7-13)12(19)11-9(14)4-5-10(16-11)17-15/h4-5,20H,2-3,6-8,15H2,1H3,(H,16,17). The molecule has 110 valence electrons. The number of hydrogen-bond donors (Lipinski definition) is 3. The molecule has 1 aliphatic rings. The summed E-state index contributed by atoms with van der Waals surface area (Å²) in [6.07, 6.45) is 3.42. The van der Waals surface area contributed by atoms with Gasteiger partial charge in [-0.15, -0.1) is 0 Å². The molecule has 0 aromatic carbocycles. The zero-order chi connectivity index (χ0) is 14.8. The number of hydrogen-bond acceptors (Lipinski definition) is 5. The molecule has 0 radical (unpaired) electrons. The van der Waals surface area contributed by atoms with Gasteiger partial charge in [-0.1, -0.05) is 24.4 Å². The van der Waals surface area contributed by atoms with E-state index in [9.17, 15) is 9.90 Å². The lowest BCUT2D eigenvalue weighted by atomic mass is 10.0. The van der Waals surface area contributed by atoms with Gasteiger partial charge in [0, 0.05) is 13.6 Å². The number of likely N-dealkylation sites (N-methyl/N-ethyl adjacent to an activating group) is 1. The fraction of sp³-hybridized carbons (Fsp3) is 0.538. The van der Waals surface area contributed by atoms with Gasteiger partial charge in [-0.2, -0.15) is 0 Å². The van der Waals surface area contributed by atoms with Gasteiger partial charge in [-0.05, 0) is 25.0 Å². The minimum Gasteiger partial charge on any atom is -0.388 e. The van der Waals surface area contributed by atoms with Gasteiger partial charge in [-0.25, -0.2) is 10.8 Å². The third-order valence-corrected chi connectivity index (χ3v) is 3.91. The van der Waals surface area contributed by atoms with E-state index in [0.717, 1.165) is 25.7 Å². The number of hydrazine groups is 1. The van der Waals surface area contributed by atoms with Crippen molar-refractivity contribution in [1.82, 2.24) is 9.88 Å². The number of nitrogens with two attached hydrogens (primary N) is 1. The van der Waals surface area contributed by atoms with E-state index in [-0.39, 0.29) is 23.2 Å². The molecule has 1 saturated carbocycles. The van der Waals surface area contributed by atoms with Crippen molar-refractivity contribution in [2.75, 3.05) is 19.0 Å². The Morgan fingerprint density at radius 1 is 1.55 bits per heavy atom. The van der Waals surface area contributed by atoms with Crippen molar-refractivity contribution < 1.29 is 9.90 Å². The fourth-order valence-corrected chi connectivity index (χ4v) is 2.74. The van der Waals surface area contributed by atoms with Gasteiger partial charge in [0.05, 0.1) is 10.6 Å². The highest BCUT2D eigenvalue weighted by Crippen LogP contribution is 2.30. The normalized spacial score (nSPS) is 17.0. The van der Waals surface area contributed by atoms with Crippen LogP contribution in [0.25, 0.3) is 0 Å². The first kappa shape index (κ1) is 15.0. The molecule has 0 spiro atoms. The summed E-state index contributed by atoms with van der Waals surface area (Å²) in [6, 6.07) is 3.15. The van der Waals surface area contributed by atoms with Crippen LogP contribution in [-0.2, 0) is 0 Å². The minimum absolute atomic E-state index is 0.131. The van der Waals surface area contributed by atoms with Crippen LogP contribution in [-0.4, -0.2) is 40.1 Å². The predicted molar refractivity (Wildman–Crippen MR) is 77.4 cm³/mol. The number of carbonyl (C=O) groups is 1. The molecule has 1 heterocycles. The number of carbonyl (C=O) groups excluding carboxylic acids is 1. The first-order valence-electron chi connectivity index (χ1n) is 6.56. The summed E-state index contributed by atoms with van der Waals surface area (Å²) in [5.74, 6) is 5.32. The van der Waals surface area contributed by atoms with Gasteiger partial charge >= 0.3 is 0 Å². The van der Waals surface area contributed by atoms with Crippen LogP contribution in [0.5, 0.6) is 0 Å². The number of amides is 1. The van der Waals surface area contributed by atoms with E-state index in [1.165, 1.54) is 4.90 Å². The number of nitrogen functional groups attached to an aromatic ring is 1. The molecule has 1 aliphatic carbocycles. The molecule has 7 heteroatoms. The fourth-order valence-electron chi connectivity index (χ4n) is 2.56. The highest BCUT2D eigenvalue weighted by Gasteiger charge is 2.34. The summed E-state index contributed by atoms with van der Waals surface area (Å²) in [5.41, 5.74) is 1.72. The number of pyridine rings is 1. The van der Waals surface area contributed by atoms with Crippen molar-refractivity contribution >= 4 is 23.3 Å². The summed E-state index contributed by atoms with van der Waals surface area (Å²) in [6.45, 7) is 0.282. The molecular formula is C13H19ClN4O2. The van der Waals surface area contributed by atoms with Crippen molar-refractivity contribution in [3.8, 4) is 0 Å². The van der Waals surface area contributed by atoms with Crippen LogP contribution in [0.2, 0.25) is 5.02 Å². The lowest BCUT2D eigenvalue weighted by Crippen LogP contribution is -2.42. The summed E-state index contributed by atoms with van der Waals surface area (Å²) < 4.78 is 0. The Kier molecular flexibility index (Phi) is 4.47. The van der Waals surface area contributed by atoms with E-state index in [1.54, 1.807) is 19.2 Å². The van der Waals surface area contributed by atoms with Gasteiger partial charge in [0.15, 0.2) is 0 Å². The minimum atomic E-state index is -0.791. The van der Waals surface area contributed by atoms with E-state index in [4.69, 9.17) is 17.4 Å². The second-order valence-electron chi connectivity index (χ2n) is 5.26. The molecule has 2 rings (SSSR count). The Bertz CT molecular complexity index is 503. The van der Waals surface area contributed by atoms with Crippen molar-refractivity contribution in [3.63, 3.8) is 0 Å². The molecule has 4 N–H and O–H groups in total. The highest BCUT2D eigenvalue weighted by atomic mass is 35.5. The topological polar surface area (TPSA) is 91.5 Å². The van der Waals surface area contributed by atoms with Gasteiger partial charge in [0.25, 0.3) is 5.91 Å². The number of nitrogens with one attached hydrogen (secondary N) is 1. The summed E-state index contributed by atoms with van der Waals surface area (Å²) in [4.78, 5) is 17.9. The zero-order valence-corrected chi connectivity index (χ0v) is 12.2. The van der Waals surface area contributed by atoms with E-state index in [2.05, 4.69) is 10.4 Å². The predicted octanol–water partition coefficient (Wildman–Crippen LogP) is 1.40. The molecule has 6 nitrogen and oxygen atoms in total. The summed E-state index contributed by atoms with van der Waals surface area (Å²) in [7, 11) is 1.64. The van der Waals surface area contributed by atoms with E-state index < -0.39 is 5.60 Å². The quantitative estimate of drug-likeness (QED) is 0.577. The average molecular weight is 299 g/mol. The molecule has 1 amide bonds. The van der Waals surface area contributed by atoms with E-state index >= 15 is 0 Å². The Morgan fingerprint density at radius 2 is 2.20 bits per heavy atom. The molecule has 1 aromatic rings. The molecular weight excluding hydrogens is 280 g/mol. The van der Waals surface area contributed by atoms with Gasteiger partial charge in [0.2, 0.25) is 0 Å². The maximum Gasteiger partial charge on any atom is 0.273 e. The van der Waals surface area contributed by atoms with E-state index in [1.807, 2.05) is 0 Å². The number of anilines is 1. The third kappa shape index (κ3) is 3.20. The van der Waals surface area contributed by atoms with Crippen LogP contribution in [0.4, 0.5) is 5.82 Å². The van der Waals surface area contributed by atoms with Crippen molar-refractivity contribution in [2.45, 2.75) is 31.3 Å². The van der Waals surface area contributed by atoms with Crippen molar-refractivity contribution in [2.24, 2.45) is 5.84 Å². The van der Waals surface area contributed by atoms with E-state index in [0.29, 0.717) is 5.82 Å². The molecule has 1 fully saturated rings. The number of nitrogens with zero attached hydrogens (tertiary/aromatic N) is 2. The monoisotopic (exact) mass is 298 g/mol. The molecule has 0 aliphatic heterocycles. The molecule has 1 aromatic heterocycles. The Balaban J connectivity index is 2.14. The highest BCUT2D eigenvalue weighted by molar-refractivity contribution is 6.33. The first-order valence-corrected chi connectivity index (χ1v) is 6.94. The van der Waals surface area contributed by atoms with Crippen LogP contribution >= 0.6 is 11.6 Å². The first-order chi connectivity index (χ1) is 9.45. The lowest BCUT2D eigenvalue weighted by molar-refractivity contribution is 0.0155. The smallest absolute Gasteiger partial charge is 0.273 e. The Hall–Kier alpha value is -1.37. The maximum absolute atomic E-state index is 12.4. The molecule has 0 unspecified atom stereocenters. The number of aliphatic hydroxyl groups is 1. The molecule has 0 bridgehead atoms. The van der Waals surface area contributed by atoms with Crippen LogP contribution in [0.15, 0.2) is 12.1 Å². The number of halogens is 1. The van der Waals surface area contributed by atoms with Crippen LogP contribution in [0.3, 0.4) is 0 Å². The second-order valence-corrected chi connectivity index (χ2v) is 5.67. The van der Waals surface area contributed by atoms with Gasteiger partial charge in [0.1, 0.15) is 11.5 Å². The zero-order valence-electron chi connectivity index (χ0n) is 11.4. The Morgan fingerprint density at radius 3 is 2.80 bits per heavy atom. The Labute approximate surface area is 122 Å². The van der Waals surface area contributed by atoms with Crippen LogP contribution < -0.4 is 11.3 Å². The van der Waals surface area contributed by atoms with Crippen molar-refractivity contribution in [1.29, 1.82) is 0 Å². The molecule has 0 saturated heterocycles. The number of rotatable bonds is 4. The molecule has 20 heavy (non-hydrogen) atoms. The SMILES string of the molecule is CN(CC1(O)CCCC1)C(=O)c1nc(NN)ccc1Cl.